The highest BCUT2D eigenvalue weighted by Crippen LogP contribution is 2.17. The van der Waals surface area contributed by atoms with Crippen LogP contribution in [0.1, 0.15) is 50.8 Å². The fourth-order valence-electron chi connectivity index (χ4n) is 1.79. The third kappa shape index (κ3) is 4.57. The van der Waals surface area contributed by atoms with Gasteiger partial charge in [0.05, 0.1) is 17.9 Å². The zero-order chi connectivity index (χ0) is 11.6. The second-order valence-electron chi connectivity index (χ2n) is 3.93. The average molecular weight is 222 g/mol. The zero-order valence-corrected chi connectivity index (χ0v) is 10.1. The Bertz CT molecular complexity index is 269. The van der Waals surface area contributed by atoms with Gasteiger partial charge in [0.2, 0.25) is 0 Å². The lowest BCUT2D eigenvalue weighted by molar-refractivity contribution is 0.474. The first-order chi connectivity index (χ1) is 7.88. The number of nitrogens with zero attached hydrogens (tertiary/aromatic N) is 2. The molecule has 0 aliphatic heterocycles. The van der Waals surface area contributed by atoms with Crippen molar-refractivity contribution in [2.45, 2.75) is 45.1 Å². The molecule has 0 aliphatic carbocycles. The Morgan fingerprint density at radius 1 is 1.50 bits per heavy atom. The fraction of sp³-hybridized carbons (Fsp3) is 0.667. The van der Waals surface area contributed by atoms with E-state index in [9.17, 15) is 0 Å². The summed E-state index contributed by atoms with van der Waals surface area (Å²) in [5, 5.41) is 14.1. The zero-order valence-electron chi connectivity index (χ0n) is 10.1. The molecule has 0 radical (unpaired) electrons. The molecule has 1 atom stereocenters. The van der Waals surface area contributed by atoms with Crippen molar-refractivity contribution in [3.63, 3.8) is 0 Å². The summed E-state index contributed by atoms with van der Waals surface area (Å²) in [6.45, 7) is 6.81. The number of allylic oxidation sites excluding steroid dienone is 1. The molecule has 0 saturated carbocycles. The predicted octanol–water partition coefficient (Wildman–Crippen LogP) is 2.59. The molecule has 1 rings (SSSR count). The van der Waals surface area contributed by atoms with Gasteiger partial charge >= 0.3 is 0 Å². The molecule has 4 nitrogen and oxygen atoms in total. The lowest BCUT2D eigenvalue weighted by Crippen LogP contribution is -2.21. The molecule has 4 heteroatoms. The second-order valence-corrected chi connectivity index (χ2v) is 3.93. The summed E-state index contributed by atoms with van der Waals surface area (Å²) in [7, 11) is 0. The van der Waals surface area contributed by atoms with Crippen molar-refractivity contribution in [1.29, 1.82) is 0 Å². The summed E-state index contributed by atoms with van der Waals surface area (Å²) in [5.41, 5.74) is 1.02. The minimum absolute atomic E-state index is 0.340. The number of nitrogens with one attached hydrogen (secondary N) is 2. The molecular weight excluding hydrogens is 200 g/mol. The summed E-state index contributed by atoms with van der Waals surface area (Å²) in [4.78, 5) is 0. The van der Waals surface area contributed by atoms with Crippen LogP contribution in [0.2, 0.25) is 0 Å². The minimum Gasteiger partial charge on any atom is -0.309 e. The van der Waals surface area contributed by atoms with Crippen LogP contribution in [0.15, 0.2) is 18.9 Å². The van der Waals surface area contributed by atoms with Gasteiger partial charge in [-0.25, -0.2) is 0 Å². The molecule has 16 heavy (non-hydrogen) atoms. The Labute approximate surface area is 97.5 Å². The van der Waals surface area contributed by atoms with Crippen LogP contribution in [0.4, 0.5) is 0 Å². The molecule has 90 valence electrons. The first-order valence-corrected chi connectivity index (χ1v) is 6.08. The Kier molecular flexibility index (Phi) is 6.49. The first kappa shape index (κ1) is 12.9. The molecule has 1 heterocycles. The van der Waals surface area contributed by atoms with E-state index in [1.165, 1.54) is 19.3 Å². The van der Waals surface area contributed by atoms with Crippen molar-refractivity contribution in [1.82, 2.24) is 20.7 Å². The van der Waals surface area contributed by atoms with E-state index in [2.05, 4.69) is 34.2 Å². The monoisotopic (exact) mass is 222 g/mol. The number of aromatic amines is 1. The van der Waals surface area contributed by atoms with Crippen LogP contribution in [0.25, 0.3) is 0 Å². The Hall–Kier alpha value is -1.16. The van der Waals surface area contributed by atoms with Gasteiger partial charge in [0.25, 0.3) is 0 Å². The molecule has 0 aromatic carbocycles. The van der Waals surface area contributed by atoms with E-state index < -0.39 is 0 Å². The predicted molar refractivity (Wildman–Crippen MR) is 66.1 cm³/mol. The van der Waals surface area contributed by atoms with Gasteiger partial charge in [0, 0.05) is 0 Å². The lowest BCUT2D eigenvalue weighted by atomic mass is 10.0. The maximum Gasteiger partial charge on any atom is 0.0993 e. The largest absolute Gasteiger partial charge is 0.309 e. The van der Waals surface area contributed by atoms with Crippen LogP contribution in [0, 0.1) is 0 Å². The molecular formula is C12H22N4. The van der Waals surface area contributed by atoms with Gasteiger partial charge in [-0.3, -0.25) is 0 Å². The van der Waals surface area contributed by atoms with Crippen LogP contribution < -0.4 is 5.32 Å². The van der Waals surface area contributed by atoms with Crippen molar-refractivity contribution in [2.24, 2.45) is 0 Å². The molecule has 1 unspecified atom stereocenters. The molecule has 0 aliphatic rings. The number of hydrogen-bond donors (Lipinski definition) is 2. The van der Waals surface area contributed by atoms with E-state index in [1.807, 2.05) is 6.08 Å². The normalized spacial score (nSPS) is 12.6. The van der Waals surface area contributed by atoms with E-state index in [0.29, 0.717) is 6.04 Å². The minimum atomic E-state index is 0.340. The van der Waals surface area contributed by atoms with Gasteiger partial charge in [0.1, 0.15) is 0 Å². The van der Waals surface area contributed by atoms with Gasteiger partial charge in [0.15, 0.2) is 0 Å². The molecule has 0 bridgehead atoms. The standard InChI is InChI=1S/C12H22N4/c1-3-5-6-7-8-9-11(13-4-2)12-10-14-16-15-12/h3,10-11,13H,1,4-9H2,2H3,(H,14,15,16). The van der Waals surface area contributed by atoms with E-state index in [0.717, 1.165) is 25.1 Å². The highest BCUT2D eigenvalue weighted by Gasteiger charge is 2.11. The molecule has 0 spiro atoms. The topological polar surface area (TPSA) is 53.6 Å². The van der Waals surface area contributed by atoms with Gasteiger partial charge in [-0.1, -0.05) is 25.8 Å². The molecule has 2 N–H and O–H groups in total. The summed E-state index contributed by atoms with van der Waals surface area (Å²) >= 11 is 0. The van der Waals surface area contributed by atoms with Crippen LogP contribution in [0.5, 0.6) is 0 Å². The van der Waals surface area contributed by atoms with Crippen molar-refractivity contribution < 1.29 is 0 Å². The Morgan fingerprint density at radius 2 is 2.38 bits per heavy atom. The highest BCUT2D eigenvalue weighted by molar-refractivity contribution is 4.99. The van der Waals surface area contributed by atoms with Crippen LogP contribution >= 0.6 is 0 Å². The SMILES string of the molecule is C=CCCCCCC(NCC)c1cn[nH]n1. The number of H-pyrrole nitrogens is 1. The summed E-state index contributed by atoms with van der Waals surface area (Å²) in [5.74, 6) is 0. The highest BCUT2D eigenvalue weighted by atomic mass is 15.3. The number of unbranched alkanes of at least 4 members (excludes halogenated alkanes) is 3. The molecule has 1 aromatic heterocycles. The quantitative estimate of drug-likeness (QED) is 0.499. The van der Waals surface area contributed by atoms with Gasteiger partial charge < -0.3 is 5.32 Å². The first-order valence-electron chi connectivity index (χ1n) is 6.08. The summed E-state index contributed by atoms with van der Waals surface area (Å²) < 4.78 is 0. The third-order valence-electron chi connectivity index (χ3n) is 2.64. The number of rotatable bonds is 9. The van der Waals surface area contributed by atoms with Crippen molar-refractivity contribution in [3.8, 4) is 0 Å². The van der Waals surface area contributed by atoms with E-state index in [-0.39, 0.29) is 0 Å². The fourth-order valence-corrected chi connectivity index (χ4v) is 1.79. The maximum absolute atomic E-state index is 4.14. The molecule has 1 aromatic rings. The lowest BCUT2D eigenvalue weighted by Gasteiger charge is -2.14. The molecule has 0 saturated heterocycles. The van der Waals surface area contributed by atoms with Crippen LogP contribution in [-0.4, -0.2) is 22.0 Å². The molecule has 0 amide bonds. The van der Waals surface area contributed by atoms with Crippen molar-refractivity contribution in [3.05, 3.63) is 24.5 Å². The Balaban J connectivity index is 2.26. The third-order valence-corrected chi connectivity index (χ3v) is 2.64. The second kappa shape index (κ2) is 8.05. The van der Waals surface area contributed by atoms with E-state index in [1.54, 1.807) is 6.20 Å². The molecule has 0 fully saturated rings. The van der Waals surface area contributed by atoms with Gasteiger partial charge in [-0.05, 0) is 25.8 Å². The van der Waals surface area contributed by atoms with E-state index in [4.69, 9.17) is 0 Å². The van der Waals surface area contributed by atoms with Crippen LogP contribution in [-0.2, 0) is 0 Å². The average Bonchev–Trinajstić information content (AvgIpc) is 2.81. The van der Waals surface area contributed by atoms with Crippen LogP contribution in [0.3, 0.4) is 0 Å². The smallest absolute Gasteiger partial charge is 0.0993 e. The summed E-state index contributed by atoms with van der Waals surface area (Å²) in [6.07, 6.45) is 9.75. The van der Waals surface area contributed by atoms with E-state index >= 15 is 0 Å². The Morgan fingerprint density at radius 3 is 3.00 bits per heavy atom. The van der Waals surface area contributed by atoms with Crippen molar-refractivity contribution in [2.75, 3.05) is 6.54 Å². The van der Waals surface area contributed by atoms with Crippen molar-refractivity contribution >= 4 is 0 Å². The van der Waals surface area contributed by atoms with Gasteiger partial charge in [-0.2, -0.15) is 15.4 Å². The maximum atomic E-state index is 4.14. The number of hydrogen-bond acceptors (Lipinski definition) is 3. The van der Waals surface area contributed by atoms with Gasteiger partial charge in [-0.15, -0.1) is 6.58 Å². The number of aromatic nitrogens is 3. The summed E-state index contributed by atoms with van der Waals surface area (Å²) in [6, 6.07) is 0.340.